The Bertz CT molecular complexity index is 617. The van der Waals surface area contributed by atoms with Crippen LogP contribution in [0.4, 0.5) is 0 Å². The summed E-state index contributed by atoms with van der Waals surface area (Å²) in [5.41, 5.74) is 1.56. The lowest BCUT2D eigenvalue weighted by atomic mass is 10.1. The van der Waals surface area contributed by atoms with E-state index in [4.69, 9.17) is 4.74 Å². The third kappa shape index (κ3) is 1.83. The van der Waals surface area contributed by atoms with E-state index in [2.05, 4.69) is 15.9 Å². The quantitative estimate of drug-likeness (QED) is 0.767. The predicted octanol–water partition coefficient (Wildman–Crippen LogP) is 4.61. The lowest BCUT2D eigenvalue weighted by Crippen LogP contribution is -1.88. The van der Waals surface area contributed by atoms with Crippen molar-refractivity contribution in [2.75, 3.05) is 0 Å². The average Bonchev–Trinajstić information content (AvgIpc) is 2.46. The first-order chi connectivity index (χ1) is 8.24. The highest BCUT2D eigenvalue weighted by Crippen LogP contribution is 2.37. The number of hydrogen-bond acceptors (Lipinski definition) is 2. The lowest BCUT2D eigenvalue weighted by molar-refractivity contribution is 0.472. The number of halogens is 1. The van der Waals surface area contributed by atoms with E-state index in [0.29, 0.717) is 11.3 Å². The van der Waals surface area contributed by atoms with Crippen LogP contribution in [0.2, 0.25) is 0 Å². The summed E-state index contributed by atoms with van der Waals surface area (Å²) >= 11 is 3.38. The lowest BCUT2D eigenvalue weighted by Gasteiger charge is -2.08. The summed E-state index contributed by atoms with van der Waals surface area (Å²) < 4.78 is 6.70. The largest absolute Gasteiger partial charge is 0.507 e. The molecule has 0 spiro atoms. The Morgan fingerprint density at radius 3 is 2.71 bits per heavy atom. The van der Waals surface area contributed by atoms with Crippen LogP contribution >= 0.6 is 15.9 Å². The van der Waals surface area contributed by atoms with Gasteiger partial charge in [-0.05, 0) is 30.3 Å². The summed E-state index contributed by atoms with van der Waals surface area (Å²) in [6.07, 6.45) is 1.72. The normalized spacial score (nSPS) is 12.9. The molecule has 0 aliphatic carbocycles. The zero-order valence-electron chi connectivity index (χ0n) is 8.85. The standard InChI is InChI=1S/C14H9BrO2/c15-10-5-6-14-11(8-10)12(16)7-9-3-1-2-4-13(9)17-14/h1-8,16H. The molecular formula is C14H9BrO2. The summed E-state index contributed by atoms with van der Waals surface area (Å²) in [5.74, 6) is 1.62. The van der Waals surface area contributed by atoms with Crippen LogP contribution in [0, 0.1) is 0 Å². The van der Waals surface area contributed by atoms with Gasteiger partial charge in [0.15, 0.2) is 0 Å². The second kappa shape index (κ2) is 3.93. The molecule has 0 amide bonds. The molecule has 0 saturated heterocycles. The summed E-state index contributed by atoms with van der Waals surface area (Å²) in [6.45, 7) is 0. The zero-order chi connectivity index (χ0) is 11.8. The second-order valence-corrected chi connectivity index (χ2v) is 4.73. The molecule has 1 aliphatic heterocycles. The van der Waals surface area contributed by atoms with Gasteiger partial charge in [0.2, 0.25) is 0 Å². The Balaban J connectivity index is 2.24. The highest BCUT2D eigenvalue weighted by Gasteiger charge is 2.15. The van der Waals surface area contributed by atoms with Crippen molar-refractivity contribution in [2.45, 2.75) is 0 Å². The molecule has 3 rings (SSSR count). The highest BCUT2D eigenvalue weighted by molar-refractivity contribution is 9.10. The van der Waals surface area contributed by atoms with E-state index >= 15 is 0 Å². The molecule has 2 aromatic rings. The minimum Gasteiger partial charge on any atom is -0.507 e. The van der Waals surface area contributed by atoms with Gasteiger partial charge in [-0.25, -0.2) is 0 Å². The molecule has 2 aromatic carbocycles. The van der Waals surface area contributed by atoms with Gasteiger partial charge in [-0.1, -0.05) is 34.1 Å². The average molecular weight is 289 g/mol. The molecule has 17 heavy (non-hydrogen) atoms. The molecule has 1 N–H and O–H groups in total. The van der Waals surface area contributed by atoms with E-state index in [-0.39, 0.29) is 5.76 Å². The smallest absolute Gasteiger partial charge is 0.138 e. The Labute approximate surface area is 107 Å². The molecule has 0 unspecified atom stereocenters. The van der Waals surface area contributed by atoms with Crippen molar-refractivity contribution in [1.82, 2.24) is 0 Å². The van der Waals surface area contributed by atoms with Gasteiger partial charge >= 0.3 is 0 Å². The fraction of sp³-hybridized carbons (Fsp3) is 0. The minimum absolute atomic E-state index is 0.214. The van der Waals surface area contributed by atoms with Crippen molar-refractivity contribution in [3.05, 3.63) is 58.1 Å². The predicted molar refractivity (Wildman–Crippen MR) is 71.2 cm³/mol. The maximum absolute atomic E-state index is 10.1. The van der Waals surface area contributed by atoms with Crippen LogP contribution in [0.15, 0.2) is 46.9 Å². The Hall–Kier alpha value is -1.74. The van der Waals surface area contributed by atoms with Gasteiger partial charge in [0.1, 0.15) is 17.3 Å². The summed E-state index contributed by atoms with van der Waals surface area (Å²) in [4.78, 5) is 0. The van der Waals surface area contributed by atoms with E-state index in [1.807, 2.05) is 42.5 Å². The molecule has 1 heterocycles. The van der Waals surface area contributed by atoms with Gasteiger partial charge < -0.3 is 9.84 Å². The molecule has 84 valence electrons. The first-order valence-corrected chi connectivity index (χ1v) is 6.01. The number of para-hydroxylation sites is 1. The van der Waals surface area contributed by atoms with Gasteiger partial charge in [0.25, 0.3) is 0 Å². The van der Waals surface area contributed by atoms with Crippen molar-refractivity contribution in [2.24, 2.45) is 0 Å². The molecule has 0 saturated carbocycles. The Kier molecular flexibility index (Phi) is 2.41. The number of benzene rings is 2. The minimum atomic E-state index is 0.214. The van der Waals surface area contributed by atoms with Crippen LogP contribution in [0.3, 0.4) is 0 Å². The topological polar surface area (TPSA) is 29.5 Å². The first-order valence-electron chi connectivity index (χ1n) is 5.21. The van der Waals surface area contributed by atoms with Crippen molar-refractivity contribution < 1.29 is 9.84 Å². The van der Waals surface area contributed by atoms with Gasteiger partial charge in [-0.15, -0.1) is 0 Å². The molecule has 0 fully saturated rings. The number of ether oxygens (including phenoxy) is 1. The van der Waals surface area contributed by atoms with E-state index < -0.39 is 0 Å². The molecule has 0 atom stereocenters. The highest BCUT2D eigenvalue weighted by atomic mass is 79.9. The SMILES string of the molecule is OC1=Cc2ccccc2Oc2ccc(Br)cc21. The Morgan fingerprint density at radius 1 is 1.00 bits per heavy atom. The van der Waals surface area contributed by atoms with Crippen LogP contribution in [0.1, 0.15) is 11.1 Å². The summed E-state index contributed by atoms with van der Waals surface area (Å²) in [5, 5.41) is 10.1. The van der Waals surface area contributed by atoms with Gasteiger partial charge in [-0.2, -0.15) is 0 Å². The van der Waals surface area contributed by atoms with Crippen LogP contribution in [0.25, 0.3) is 11.8 Å². The van der Waals surface area contributed by atoms with Gasteiger partial charge in [0, 0.05) is 10.0 Å². The van der Waals surface area contributed by atoms with Crippen LogP contribution in [-0.4, -0.2) is 5.11 Å². The third-order valence-electron chi connectivity index (χ3n) is 2.65. The van der Waals surface area contributed by atoms with Gasteiger partial charge in [-0.3, -0.25) is 0 Å². The van der Waals surface area contributed by atoms with Crippen molar-refractivity contribution in [3.63, 3.8) is 0 Å². The van der Waals surface area contributed by atoms with Gasteiger partial charge in [0.05, 0.1) is 5.56 Å². The summed E-state index contributed by atoms with van der Waals surface area (Å²) in [7, 11) is 0. The number of aliphatic hydroxyl groups is 1. The van der Waals surface area contributed by atoms with Crippen LogP contribution in [0.5, 0.6) is 11.5 Å². The number of rotatable bonds is 0. The number of aliphatic hydroxyl groups excluding tert-OH is 1. The Morgan fingerprint density at radius 2 is 1.82 bits per heavy atom. The molecule has 0 bridgehead atoms. The molecular weight excluding hydrogens is 280 g/mol. The molecule has 2 nitrogen and oxygen atoms in total. The summed E-state index contributed by atoms with van der Waals surface area (Å²) in [6, 6.07) is 13.2. The maximum Gasteiger partial charge on any atom is 0.138 e. The monoisotopic (exact) mass is 288 g/mol. The fourth-order valence-corrected chi connectivity index (χ4v) is 2.19. The molecule has 1 aliphatic rings. The van der Waals surface area contributed by atoms with Crippen LogP contribution in [-0.2, 0) is 0 Å². The number of fused-ring (bicyclic) bond motifs is 2. The van der Waals surface area contributed by atoms with E-state index in [9.17, 15) is 5.11 Å². The second-order valence-electron chi connectivity index (χ2n) is 3.81. The zero-order valence-corrected chi connectivity index (χ0v) is 10.4. The fourth-order valence-electron chi connectivity index (χ4n) is 1.83. The molecule has 0 aromatic heterocycles. The third-order valence-corrected chi connectivity index (χ3v) is 3.14. The first kappa shape index (κ1) is 10.4. The maximum atomic E-state index is 10.1. The van der Waals surface area contributed by atoms with Crippen molar-refractivity contribution in [3.8, 4) is 11.5 Å². The van der Waals surface area contributed by atoms with Crippen molar-refractivity contribution >= 4 is 27.8 Å². The number of hydrogen-bond donors (Lipinski definition) is 1. The van der Waals surface area contributed by atoms with E-state index in [1.165, 1.54) is 0 Å². The van der Waals surface area contributed by atoms with E-state index in [0.717, 1.165) is 15.8 Å². The van der Waals surface area contributed by atoms with Crippen LogP contribution < -0.4 is 4.74 Å². The molecule has 0 radical (unpaired) electrons. The van der Waals surface area contributed by atoms with Crippen molar-refractivity contribution in [1.29, 1.82) is 0 Å². The van der Waals surface area contributed by atoms with E-state index in [1.54, 1.807) is 6.08 Å². The molecule has 3 heteroatoms.